The Balaban J connectivity index is -0.0000000462. The Labute approximate surface area is 121 Å². The fourth-order valence-corrected chi connectivity index (χ4v) is 0.500. The van der Waals surface area contributed by atoms with Crippen molar-refractivity contribution in [3.63, 3.8) is 0 Å². The summed E-state index contributed by atoms with van der Waals surface area (Å²) in [6.07, 6.45) is 5.54. The molecule has 0 atom stereocenters. The van der Waals surface area contributed by atoms with Crippen molar-refractivity contribution in [3.8, 4) is 0 Å². The molecule has 0 heterocycles. The summed E-state index contributed by atoms with van der Waals surface area (Å²) in [5.41, 5.74) is 4.28. The van der Waals surface area contributed by atoms with E-state index in [-0.39, 0.29) is 51.4 Å². The molecule has 0 saturated heterocycles. The standard InChI is InChI=1S/C6H14.C2H6.CH4NO.K/c1-3-5-6-4-2;1-2;2-1-3;/h3-6H2,1-2H3;1-2H3;1,3H,2H2;/q;;-1;+1. The quantitative estimate of drug-likeness (QED) is 0.385. The van der Waals surface area contributed by atoms with Crippen molar-refractivity contribution < 1.29 is 56.5 Å². The molecule has 0 aliphatic heterocycles. The van der Waals surface area contributed by atoms with Crippen LogP contribution in [0.2, 0.25) is 0 Å². The van der Waals surface area contributed by atoms with Gasteiger partial charge in [-0.05, 0) is 0 Å². The van der Waals surface area contributed by atoms with Gasteiger partial charge in [0.2, 0.25) is 0 Å². The molecule has 12 heavy (non-hydrogen) atoms. The third kappa shape index (κ3) is 62.0. The maximum absolute atomic E-state index is 7.22. The van der Waals surface area contributed by atoms with Crippen LogP contribution < -0.4 is 57.1 Å². The summed E-state index contributed by atoms with van der Waals surface area (Å²) in [6, 6.07) is 0. The Hall–Kier alpha value is 1.56. The van der Waals surface area contributed by atoms with E-state index in [1.54, 1.807) is 0 Å². The Morgan fingerprint density at radius 2 is 1.25 bits per heavy atom. The molecule has 72 valence electrons. The summed E-state index contributed by atoms with van der Waals surface area (Å²) in [7, 11) is 0. The summed E-state index contributed by atoms with van der Waals surface area (Å²) < 4.78 is 0. The van der Waals surface area contributed by atoms with Gasteiger partial charge in [0, 0.05) is 0 Å². The molecule has 3 heteroatoms. The second-order valence-corrected chi connectivity index (χ2v) is 1.86. The zero-order valence-corrected chi connectivity index (χ0v) is 12.6. The van der Waals surface area contributed by atoms with Gasteiger partial charge >= 0.3 is 51.4 Å². The molecule has 3 N–H and O–H groups in total. The molecular formula is C9H24KNO. The van der Waals surface area contributed by atoms with Gasteiger partial charge in [0.05, 0.1) is 0 Å². The molecule has 0 aromatic heterocycles. The molecule has 0 aromatic carbocycles. The van der Waals surface area contributed by atoms with E-state index in [0.29, 0.717) is 6.73 Å². The van der Waals surface area contributed by atoms with E-state index < -0.39 is 0 Å². The SMILES string of the molecule is CC.CCCCCC.N[CH-]O.[K+]. The average Bonchev–Trinajstić information content (AvgIpc) is 2.06. The third-order valence-electron chi connectivity index (χ3n) is 0.957. The van der Waals surface area contributed by atoms with E-state index in [1.165, 1.54) is 25.7 Å². The monoisotopic (exact) mass is 201 g/mol. The van der Waals surface area contributed by atoms with Gasteiger partial charge in [-0.2, -0.15) is 6.73 Å². The number of hydrogen-bond acceptors (Lipinski definition) is 2. The molecule has 0 radical (unpaired) electrons. The molecule has 0 bridgehead atoms. The number of aliphatic hydroxyl groups excluding tert-OH is 1. The van der Waals surface area contributed by atoms with Crippen molar-refractivity contribution >= 4 is 0 Å². The van der Waals surface area contributed by atoms with E-state index in [4.69, 9.17) is 5.11 Å². The maximum Gasteiger partial charge on any atom is 1.00 e. The van der Waals surface area contributed by atoms with E-state index in [2.05, 4.69) is 19.6 Å². The van der Waals surface area contributed by atoms with Crippen molar-refractivity contribution in [3.05, 3.63) is 6.73 Å². The summed E-state index contributed by atoms with van der Waals surface area (Å²) in [5, 5.41) is 7.22. The van der Waals surface area contributed by atoms with Crippen LogP contribution in [-0.2, 0) is 0 Å². The Bertz CT molecular complexity index is 33.7. The smallest absolute Gasteiger partial charge is 0.551 e. The van der Waals surface area contributed by atoms with E-state index in [0.717, 1.165) is 0 Å². The molecule has 0 aliphatic rings. The van der Waals surface area contributed by atoms with Crippen LogP contribution in [0, 0.1) is 6.73 Å². The van der Waals surface area contributed by atoms with Crippen LogP contribution in [0.3, 0.4) is 0 Å². The largest absolute Gasteiger partial charge is 1.00 e. The van der Waals surface area contributed by atoms with Crippen molar-refractivity contribution in [2.75, 3.05) is 0 Å². The number of nitrogens with two attached hydrogens (primary N) is 1. The van der Waals surface area contributed by atoms with E-state index in [1.807, 2.05) is 13.8 Å². The van der Waals surface area contributed by atoms with Crippen LogP contribution in [0.25, 0.3) is 0 Å². The van der Waals surface area contributed by atoms with Crippen LogP contribution in [0.15, 0.2) is 0 Å². The van der Waals surface area contributed by atoms with Crippen LogP contribution in [0.4, 0.5) is 0 Å². The first-order valence-corrected chi connectivity index (χ1v) is 4.51. The Morgan fingerprint density at radius 1 is 1.08 bits per heavy atom. The summed E-state index contributed by atoms with van der Waals surface area (Å²) in [6.45, 7) is 8.96. The Morgan fingerprint density at radius 3 is 1.33 bits per heavy atom. The zero-order valence-electron chi connectivity index (χ0n) is 9.43. The van der Waals surface area contributed by atoms with Gasteiger partial charge in [0.1, 0.15) is 0 Å². The molecular weight excluding hydrogens is 177 g/mol. The third-order valence-corrected chi connectivity index (χ3v) is 0.957. The first-order chi connectivity index (χ1) is 5.33. The van der Waals surface area contributed by atoms with Crippen LogP contribution in [0.5, 0.6) is 0 Å². The molecule has 0 amide bonds. The second kappa shape index (κ2) is 39.0. The van der Waals surface area contributed by atoms with Gasteiger partial charge in [-0.15, -0.1) is 0 Å². The van der Waals surface area contributed by atoms with Crippen LogP contribution >= 0.6 is 0 Å². The molecule has 0 fully saturated rings. The topological polar surface area (TPSA) is 46.2 Å². The number of aliphatic hydroxyl groups is 1. The van der Waals surface area contributed by atoms with Gasteiger partial charge in [-0.3, -0.25) is 0 Å². The maximum atomic E-state index is 7.22. The predicted octanol–water partition coefficient (Wildman–Crippen LogP) is 0.0537. The van der Waals surface area contributed by atoms with Gasteiger partial charge in [0.15, 0.2) is 0 Å². The zero-order chi connectivity index (χ0) is 9.54. The molecule has 0 rings (SSSR count). The van der Waals surface area contributed by atoms with E-state index in [9.17, 15) is 0 Å². The van der Waals surface area contributed by atoms with Crippen LogP contribution in [-0.4, -0.2) is 5.11 Å². The van der Waals surface area contributed by atoms with Crippen LogP contribution in [0.1, 0.15) is 53.4 Å². The van der Waals surface area contributed by atoms with Gasteiger partial charge < -0.3 is 10.8 Å². The summed E-state index contributed by atoms with van der Waals surface area (Å²) >= 11 is 0. The summed E-state index contributed by atoms with van der Waals surface area (Å²) in [4.78, 5) is 0. The number of unbranched alkanes of at least 4 members (excludes halogenated alkanes) is 3. The van der Waals surface area contributed by atoms with E-state index >= 15 is 0 Å². The first kappa shape index (κ1) is 23.4. The minimum atomic E-state index is 0. The van der Waals surface area contributed by atoms with Crippen molar-refractivity contribution in [1.29, 1.82) is 0 Å². The molecule has 0 unspecified atom stereocenters. The Kier molecular flexibility index (Phi) is 76.1. The molecule has 0 spiro atoms. The van der Waals surface area contributed by atoms with Gasteiger partial charge in [0.25, 0.3) is 0 Å². The molecule has 0 aliphatic carbocycles. The van der Waals surface area contributed by atoms with Crippen molar-refractivity contribution in [2.24, 2.45) is 5.73 Å². The molecule has 0 aromatic rings. The van der Waals surface area contributed by atoms with Gasteiger partial charge in [-0.1, -0.05) is 53.4 Å². The average molecular weight is 201 g/mol. The fraction of sp³-hybridized carbons (Fsp3) is 0.889. The summed E-state index contributed by atoms with van der Waals surface area (Å²) in [5.74, 6) is 0. The van der Waals surface area contributed by atoms with Gasteiger partial charge in [-0.25, -0.2) is 0 Å². The normalized spacial score (nSPS) is 6.50. The first-order valence-electron chi connectivity index (χ1n) is 4.51. The second-order valence-electron chi connectivity index (χ2n) is 1.86. The van der Waals surface area contributed by atoms with Crippen molar-refractivity contribution in [1.82, 2.24) is 0 Å². The van der Waals surface area contributed by atoms with Crippen molar-refractivity contribution in [2.45, 2.75) is 53.4 Å². The molecule has 0 saturated carbocycles. The number of hydrogen-bond donors (Lipinski definition) is 2. The predicted molar refractivity (Wildman–Crippen MR) is 51.6 cm³/mol. The number of rotatable bonds is 3. The minimum absolute atomic E-state index is 0. The fourth-order valence-electron chi connectivity index (χ4n) is 0.500. The minimum Gasteiger partial charge on any atom is -0.551 e. The molecule has 2 nitrogen and oxygen atoms in total.